The first-order valence-electron chi connectivity index (χ1n) is 3.53. The van der Waals surface area contributed by atoms with Crippen molar-refractivity contribution in [1.82, 2.24) is 4.98 Å². The molecule has 0 aliphatic heterocycles. The largest absolute Gasteiger partial charge is 0.464 e. The summed E-state index contributed by atoms with van der Waals surface area (Å²) in [5.41, 5.74) is -0.308. The van der Waals surface area contributed by atoms with E-state index in [2.05, 4.69) is 9.72 Å². The van der Waals surface area contributed by atoms with E-state index >= 15 is 0 Å². The van der Waals surface area contributed by atoms with Crippen molar-refractivity contribution >= 4 is 16.0 Å². The molecule has 1 rings (SSSR count). The standard InChI is InChI=1S/C7H8N2O4S/c1-13-7(10)6-5(14(8,11)12)3-2-4-9-6/h2-4H,1H3,(H2,8,11,12). The summed E-state index contributed by atoms with van der Waals surface area (Å²) in [6.45, 7) is 0. The number of nitrogens with zero attached hydrogens (tertiary/aromatic N) is 1. The summed E-state index contributed by atoms with van der Waals surface area (Å²) in [4.78, 5) is 14.3. The summed E-state index contributed by atoms with van der Waals surface area (Å²) in [5, 5.41) is 4.87. The van der Waals surface area contributed by atoms with Crippen molar-refractivity contribution in [1.29, 1.82) is 0 Å². The van der Waals surface area contributed by atoms with Gasteiger partial charge in [-0.3, -0.25) is 0 Å². The Labute approximate surface area is 80.8 Å². The van der Waals surface area contributed by atoms with Gasteiger partial charge in [-0.15, -0.1) is 0 Å². The number of pyridine rings is 1. The number of rotatable bonds is 2. The molecule has 14 heavy (non-hydrogen) atoms. The number of ether oxygens (including phenoxy) is 1. The summed E-state index contributed by atoms with van der Waals surface area (Å²) >= 11 is 0. The number of carbonyl (C=O) groups excluding carboxylic acids is 1. The predicted molar refractivity (Wildman–Crippen MR) is 46.9 cm³/mol. The molecule has 6 nitrogen and oxygen atoms in total. The first-order chi connectivity index (χ1) is 6.46. The van der Waals surface area contributed by atoms with Crippen molar-refractivity contribution in [3.8, 4) is 0 Å². The number of primary sulfonamides is 1. The topological polar surface area (TPSA) is 99.3 Å². The average Bonchev–Trinajstić information content (AvgIpc) is 2.15. The van der Waals surface area contributed by atoms with Crippen LogP contribution in [0, 0.1) is 0 Å². The molecule has 1 heterocycles. The summed E-state index contributed by atoms with van der Waals surface area (Å²) in [5.74, 6) is -0.838. The predicted octanol–water partition coefficient (Wildman–Crippen LogP) is -0.484. The van der Waals surface area contributed by atoms with Crippen molar-refractivity contribution in [2.75, 3.05) is 7.11 Å². The minimum Gasteiger partial charge on any atom is -0.464 e. The number of sulfonamides is 1. The second kappa shape index (κ2) is 3.72. The summed E-state index contributed by atoms with van der Waals surface area (Å²) in [6, 6.07) is 2.56. The molecule has 0 unspecified atom stereocenters. The van der Waals surface area contributed by atoms with Crippen LogP contribution in [0.3, 0.4) is 0 Å². The van der Waals surface area contributed by atoms with E-state index in [4.69, 9.17) is 5.14 Å². The fraction of sp³-hybridized carbons (Fsp3) is 0.143. The SMILES string of the molecule is COC(=O)c1ncccc1S(N)(=O)=O. The van der Waals surface area contributed by atoms with Crippen LogP contribution in [0.5, 0.6) is 0 Å². The van der Waals surface area contributed by atoms with Gasteiger partial charge in [0.2, 0.25) is 10.0 Å². The molecule has 0 fully saturated rings. The Kier molecular flexibility index (Phi) is 2.82. The van der Waals surface area contributed by atoms with Gasteiger partial charge in [-0.25, -0.2) is 23.3 Å². The number of esters is 1. The molecule has 76 valence electrons. The number of hydrogen-bond donors (Lipinski definition) is 1. The van der Waals surface area contributed by atoms with E-state index in [1.54, 1.807) is 0 Å². The molecule has 0 bridgehead atoms. The van der Waals surface area contributed by atoms with Gasteiger partial charge >= 0.3 is 5.97 Å². The highest BCUT2D eigenvalue weighted by Gasteiger charge is 2.20. The van der Waals surface area contributed by atoms with Gasteiger partial charge in [-0.2, -0.15) is 0 Å². The number of nitrogens with two attached hydrogens (primary N) is 1. The molecule has 7 heteroatoms. The highest BCUT2D eigenvalue weighted by molar-refractivity contribution is 7.89. The molecule has 1 aromatic rings. The highest BCUT2D eigenvalue weighted by atomic mass is 32.2. The summed E-state index contributed by atoms with van der Waals surface area (Å²) < 4.78 is 26.4. The lowest BCUT2D eigenvalue weighted by Gasteiger charge is -2.03. The lowest BCUT2D eigenvalue weighted by Crippen LogP contribution is -2.18. The number of aromatic nitrogens is 1. The van der Waals surface area contributed by atoms with Gasteiger partial charge in [-0.1, -0.05) is 0 Å². The van der Waals surface area contributed by atoms with E-state index in [1.807, 2.05) is 0 Å². The monoisotopic (exact) mass is 216 g/mol. The quantitative estimate of drug-likeness (QED) is 0.673. The number of hydrogen-bond acceptors (Lipinski definition) is 5. The van der Waals surface area contributed by atoms with Crippen molar-refractivity contribution < 1.29 is 17.9 Å². The number of carbonyl (C=O) groups is 1. The Balaban J connectivity index is 3.38. The molecule has 0 saturated carbocycles. The fourth-order valence-electron chi connectivity index (χ4n) is 0.870. The molecule has 0 amide bonds. The molecule has 0 radical (unpaired) electrons. The van der Waals surface area contributed by atoms with Gasteiger partial charge in [0.05, 0.1) is 7.11 Å². The van der Waals surface area contributed by atoms with Crippen LogP contribution in [0.15, 0.2) is 23.2 Å². The van der Waals surface area contributed by atoms with Gasteiger partial charge in [-0.05, 0) is 12.1 Å². The third-order valence-corrected chi connectivity index (χ3v) is 2.40. The molecule has 2 N–H and O–H groups in total. The van der Waals surface area contributed by atoms with E-state index in [0.717, 1.165) is 7.11 Å². The first kappa shape index (κ1) is 10.6. The Bertz CT molecular complexity index is 455. The van der Waals surface area contributed by atoms with E-state index in [-0.39, 0.29) is 10.6 Å². The Morgan fingerprint density at radius 1 is 1.57 bits per heavy atom. The summed E-state index contributed by atoms with van der Waals surface area (Å²) in [6.07, 6.45) is 1.28. The minimum atomic E-state index is -3.95. The van der Waals surface area contributed by atoms with Crippen LogP contribution in [-0.2, 0) is 14.8 Å². The van der Waals surface area contributed by atoms with E-state index < -0.39 is 16.0 Å². The minimum absolute atomic E-state index is 0.308. The van der Waals surface area contributed by atoms with E-state index in [0.29, 0.717) is 0 Å². The van der Waals surface area contributed by atoms with Crippen molar-refractivity contribution in [3.05, 3.63) is 24.0 Å². The van der Waals surface area contributed by atoms with Crippen LogP contribution < -0.4 is 5.14 Å². The zero-order valence-corrected chi connectivity index (χ0v) is 8.11. The van der Waals surface area contributed by atoms with E-state index in [9.17, 15) is 13.2 Å². The fourth-order valence-corrected chi connectivity index (χ4v) is 1.54. The van der Waals surface area contributed by atoms with Crippen LogP contribution in [0.25, 0.3) is 0 Å². The maximum absolute atomic E-state index is 11.1. The second-order valence-electron chi connectivity index (χ2n) is 2.39. The molecule has 0 atom stereocenters. The lowest BCUT2D eigenvalue weighted by atomic mass is 10.3. The molecular weight excluding hydrogens is 208 g/mol. The smallest absolute Gasteiger partial charge is 0.358 e. The Morgan fingerprint density at radius 3 is 2.71 bits per heavy atom. The maximum atomic E-state index is 11.1. The van der Waals surface area contributed by atoms with Gasteiger partial charge in [0, 0.05) is 6.20 Å². The van der Waals surface area contributed by atoms with Crippen molar-refractivity contribution in [2.45, 2.75) is 4.90 Å². The van der Waals surface area contributed by atoms with Gasteiger partial charge in [0.1, 0.15) is 4.90 Å². The molecule has 0 aromatic carbocycles. The maximum Gasteiger partial charge on any atom is 0.358 e. The number of methoxy groups -OCH3 is 1. The molecule has 0 aliphatic carbocycles. The molecule has 1 aromatic heterocycles. The Morgan fingerprint density at radius 2 is 2.21 bits per heavy atom. The Hall–Kier alpha value is -1.47. The van der Waals surface area contributed by atoms with Crippen molar-refractivity contribution in [3.63, 3.8) is 0 Å². The normalized spacial score (nSPS) is 11.0. The van der Waals surface area contributed by atoms with Crippen LogP contribution in [0.2, 0.25) is 0 Å². The van der Waals surface area contributed by atoms with Crippen molar-refractivity contribution in [2.24, 2.45) is 5.14 Å². The van der Waals surface area contributed by atoms with Gasteiger partial charge in [0.15, 0.2) is 5.69 Å². The molecular formula is C7H8N2O4S. The second-order valence-corrected chi connectivity index (χ2v) is 3.92. The van der Waals surface area contributed by atoms with Gasteiger partial charge < -0.3 is 4.74 Å². The zero-order chi connectivity index (χ0) is 10.8. The van der Waals surface area contributed by atoms with Crippen LogP contribution in [-0.4, -0.2) is 26.5 Å². The highest BCUT2D eigenvalue weighted by Crippen LogP contribution is 2.11. The lowest BCUT2D eigenvalue weighted by molar-refractivity contribution is 0.0589. The molecule has 0 aliphatic rings. The van der Waals surface area contributed by atoms with Crippen LogP contribution >= 0.6 is 0 Å². The van der Waals surface area contributed by atoms with Gasteiger partial charge in [0.25, 0.3) is 0 Å². The van der Waals surface area contributed by atoms with Crippen LogP contribution in [0.1, 0.15) is 10.5 Å². The summed E-state index contributed by atoms with van der Waals surface area (Å²) in [7, 11) is -2.82. The third kappa shape index (κ3) is 2.06. The molecule has 0 spiro atoms. The van der Waals surface area contributed by atoms with Crippen LogP contribution in [0.4, 0.5) is 0 Å². The first-order valence-corrected chi connectivity index (χ1v) is 5.07. The zero-order valence-electron chi connectivity index (χ0n) is 7.30. The molecule has 0 saturated heterocycles. The van der Waals surface area contributed by atoms with E-state index in [1.165, 1.54) is 18.3 Å². The third-order valence-electron chi connectivity index (χ3n) is 1.46. The average molecular weight is 216 g/mol.